The Bertz CT molecular complexity index is 1740. The van der Waals surface area contributed by atoms with Crippen LogP contribution < -0.4 is 10.1 Å². The first kappa shape index (κ1) is 25.9. The number of benzene rings is 2. The van der Waals surface area contributed by atoms with Crippen LogP contribution in [-0.2, 0) is 4.79 Å². The van der Waals surface area contributed by atoms with E-state index in [1.807, 2.05) is 6.07 Å². The molecule has 1 N–H and O–H groups in total. The minimum Gasteiger partial charge on any atom is -0.419 e. The molecule has 3 aromatic heterocycles. The molecular weight excluding hydrogens is 535 g/mol. The van der Waals surface area contributed by atoms with Crippen LogP contribution in [-0.4, -0.2) is 37.6 Å². The standard InChI is InChI=1S/C27H17ClF3N5O3/c1-15-7-8-19(20(12-15)39-26(38)27(29,30)31)25(37)34-21-14-17(9-11-32-21)24-23(16-4-2-5-18(28)13-16)35-22-6-3-10-33-36(22)24/h2-14H,1H3,(H,32,34,37). The number of aromatic nitrogens is 4. The van der Waals surface area contributed by atoms with Crippen LogP contribution in [0.25, 0.3) is 28.2 Å². The normalized spacial score (nSPS) is 11.4. The van der Waals surface area contributed by atoms with E-state index in [0.717, 1.165) is 5.56 Å². The lowest BCUT2D eigenvalue weighted by atomic mass is 10.1. The molecule has 8 nitrogen and oxygen atoms in total. The Labute approximate surface area is 224 Å². The lowest BCUT2D eigenvalue weighted by Crippen LogP contribution is -2.29. The number of amides is 1. The molecule has 5 aromatic rings. The molecule has 3 heterocycles. The van der Waals surface area contributed by atoms with E-state index < -0.39 is 23.8 Å². The fraction of sp³-hybridized carbons (Fsp3) is 0.0741. The summed E-state index contributed by atoms with van der Waals surface area (Å²) in [6.07, 6.45) is -2.17. The van der Waals surface area contributed by atoms with Crippen LogP contribution in [0.3, 0.4) is 0 Å². The van der Waals surface area contributed by atoms with Crippen molar-refractivity contribution >= 4 is 34.9 Å². The predicted molar refractivity (Wildman–Crippen MR) is 137 cm³/mol. The largest absolute Gasteiger partial charge is 0.491 e. The zero-order valence-electron chi connectivity index (χ0n) is 20.0. The smallest absolute Gasteiger partial charge is 0.419 e. The third-order valence-corrected chi connectivity index (χ3v) is 5.82. The SMILES string of the molecule is Cc1ccc(C(=O)Nc2cc(-c3c(-c4cccc(Cl)c4)nc4cccnn34)ccn2)c(OC(=O)C(F)(F)F)c1. The Morgan fingerprint density at radius 1 is 0.974 bits per heavy atom. The second-order valence-electron chi connectivity index (χ2n) is 8.38. The number of ether oxygens (including phenoxy) is 1. The Hall–Kier alpha value is -4.77. The number of fused-ring (bicyclic) bond motifs is 1. The Morgan fingerprint density at radius 2 is 1.79 bits per heavy atom. The van der Waals surface area contributed by atoms with Gasteiger partial charge in [0, 0.05) is 28.5 Å². The third-order valence-electron chi connectivity index (χ3n) is 5.58. The van der Waals surface area contributed by atoms with Crippen LogP contribution in [0.1, 0.15) is 15.9 Å². The van der Waals surface area contributed by atoms with Gasteiger partial charge in [0.25, 0.3) is 5.91 Å². The van der Waals surface area contributed by atoms with Gasteiger partial charge in [-0.2, -0.15) is 18.3 Å². The zero-order valence-corrected chi connectivity index (χ0v) is 20.8. The van der Waals surface area contributed by atoms with E-state index in [-0.39, 0.29) is 11.4 Å². The van der Waals surface area contributed by atoms with Crippen molar-refractivity contribution in [2.45, 2.75) is 13.1 Å². The molecule has 5 rings (SSSR count). The van der Waals surface area contributed by atoms with Crippen molar-refractivity contribution in [2.75, 3.05) is 5.32 Å². The molecule has 0 fully saturated rings. The summed E-state index contributed by atoms with van der Waals surface area (Å²) in [5.41, 5.74) is 3.29. The quantitative estimate of drug-likeness (QED) is 0.208. The number of anilines is 1. The first-order valence-electron chi connectivity index (χ1n) is 11.4. The molecule has 2 aromatic carbocycles. The highest BCUT2D eigenvalue weighted by atomic mass is 35.5. The average molecular weight is 552 g/mol. The van der Waals surface area contributed by atoms with Crippen molar-refractivity contribution in [1.29, 1.82) is 0 Å². The van der Waals surface area contributed by atoms with Gasteiger partial charge < -0.3 is 10.1 Å². The van der Waals surface area contributed by atoms with Gasteiger partial charge in [0.05, 0.1) is 11.3 Å². The maximum Gasteiger partial charge on any atom is 0.491 e. The summed E-state index contributed by atoms with van der Waals surface area (Å²) in [5.74, 6) is -3.69. The van der Waals surface area contributed by atoms with Gasteiger partial charge in [0.2, 0.25) is 0 Å². The Morgan fingerprint density at radius 3 is 2.56 bits per heavy atom. The predicted octanol–water partition coefficient (Wildman–Crippen LogP) is 6.14. The number of esters is 1. The van der Waals surface area contributed by atoms with Crippen molar-refractivity contribution in [3.05, 3.63) is 95.3 Å². The summed E-state index contributed by atoms with van der Waals surface area (Å²) in [4.78, 5) is 33.3. The molecule has 0 aliphatic rings. The third kappa shape index (κ3) is 5.43. The summed E-state index contributed by atoms with van der Waals surface area (Å²) in [6, 6.07) is 17.9. The van der Waals surface area contributed by atoms with Crippen molar-refractivity contribution < 1.29 is 27.5 Å². The fourth-order valence-corrected chi connectivity index (χ4v) is 4.06. The van der Waals surface area contributed by atoms with Crippen LogP contribution >= 0.6 is 11.6 Å². The van der Waals surface area contributed by atoms with Gasteiger partial charge in [-0.05, 0) is 61.0 Å². The summed E-state index contributed by atoms with van der Waals surface area (Å²) < 4.78 is 44.4. The van der Waals surface area contributed by atoms with Crippen molar-refractivity contribution in [3.8, 4) is 28.3 Å². The maximum atomic E-state index is 13.0. The van der Waals surface area contributed by atoms with Crippen LogP contribution in [0, 0.1) is 6.92 Å². The molecule has 0 spiro atoms. The number of imidazole rings is 1. The molecule has 1 amide bonds. The highest BCUT2D eigenvalue weighted by molar-refractivity contribution is 6.30. The second kappa shape index (κ2) is 10.2. The molecule has 0 saturated heterocycles. The number of halogens is 4. The number of rotatable bonds is 5. The molecule has 196 valence electrons. The summed E-state index contributed by atoms with van der Waals surface area (Å²) in [5, 5.41) is 7.48. The molecule has 0 bridgehead atoms. The van der Waals surface area contributed by atoms with E-state index in [4.69, 9.17) is 16.6 Å². The summed E-state index contributed by atoms with van der Waals surface area (Å²) in [7, 11) is 0. The molecule has 0 aliphatic carbocycles. The van der Waals surface area contributed by atoms with Crippen LogP contribution in [0.5, 0.6) is 5.75 Å². The van der Waals surface area contributed by atoms with Crippen molar-refractivity contribution in [2.24, 2.45) is 0 Å². The highest BCUT2D eigenvalue weighted by Crippen LogP contribution is 2.34. The number of aryl methyl sites for hydroxylation is 1. The van der Waals surface area contributed by atoms with Gasteiger partial charge in [-0.3, -0.25) is 4.79 Å². The number of alkyl halides is 3. The molecule has 0 unspecified atom stereocenters. The lowest BCUT2D eigenvalue weighted by molar-refractivity contribution is -0.189. The molecule has 0 atom stereocenters. The Kier molecular flexibility index (Phi) is 6.75. The van der Waals surface area contributed by atoms with E-state index in [1.165, 1.54) is 24.4 Å². The first-order chi connectivity index (χ1) is 18.6. The van der Waals surface area contributed by atoms with Gasteiger partial charge in [-0.1, -0.05) is 29.8 Å². The van der Waals surface area contributed by atoms with Gasteiger partial charge in [-0.15, -0.1) is 0 Å². The van der Waals surface area contributed by atoms with E-state index in [2.05, 4.69) is 20.1 Å². The van der Waals surface area contributed by atoms with Crippen LogP contribution in [0.15, 0.2) is 79.1 Å². The number of pyridine rings is 1. The van der Waals surface area contributed by atoms with Crippen molar-refractivity contribution in [1.82, 2.24) is 19.6 Å². The highest BCUT2D eigenvalue weighted by Gasteiger charge is 2.42. The van der Waals surface area contributed by atoms with E-state index >= 15 is 0 Å². The van der Waals surface area contributed by atoms with Gasteiger partial charge in [-0.25, -0.2) is 19.3 Å². The molecule has 0 aliphatic heterocycles. The maximum absolute atomic E-state index is 13.0. The molecule has 39 heavy (non-hydrogen) atoms. The van der Waals surface area contributed by atoms with Crippen LogP contribution in [0.2, 0.25) is 5.02 Å². The zero-order chi connectivity index (χ0) is 27.7. The summed E-state index contributed by atoms with van der Waals surface area (Å²) in [6.45, 7) is 1.58. The number of nitrogens with one attached hydrogen (secondary N) is 1. The number of hydrogen-bond donors (Lipinski definition) is 1. The number of carbonyl (C=O) groups is 2. The first-order valence-corrected chi connectivity index (χ1v) is 11.7. The Balaban J connectivity index is 1.52. The van der Waals surface area contributed by atoms with Gasteiger partial charge >= 0.3 is 12.1 Å². The monoisotopic (exact) mass is 551 g/mol. The minimum absolute atomic E-state index is 0.0918. The molecule has 0 radical (unpaired) electrons. The van der Waals surface area contributed by atoms with Crippen LogP contribution in [0.4, 0.5) is 19.0 Å². The van der Waals surface area contributed by atoms with E-state index in [9.17, 15) is 22.8 Å². The molecule has 0 saturated carbocycles. The lowest BCUT2D eigenvalue weighted by Gasteiger charge is -2.13. The molecule has 12 heteroatoms. The number of hydrogen-bond acceptors (Lipinski definition) is 6. The minimum atomic E-state index is -5.23. The van der Waals surface area contributed by atoms with Gasteiger partial charge in [0.1, 0.15) is 17.3 Å². The van der Waals surface area contributed by atoms with E-state index in [0.29, 0.717) is 33.2 Å². The number of nitrogens with zero attached hydrogens (tertiary/aromatic N) is 4. The van der Waals surface area contributed by atoms with E-state index in [1.54, 1.807) is 60.1 Å². The average Bonchev–Trinajstić information content (AvgIpc) is 3.28. The summed E-state index contributed by atoms with van der Waals surface area (Å²) >= 11 is 6.21. The fourth-order valence-electron chi connectivity index (χ4n) is 3.87. The number of carbonyl (C=O) groups excluding carboxylic acids is 2. The van der Waals surface area contributed by atoms with Crippen molar-refractivity contribution in [3.63, 3.8) is 0 Å². The van der Waals surface area contributed by atoms with Gasteiger partial charge in [0.15, 0.2) is 5.65 Å². The topological polar surface area (TPSA) is 98.5 Å². The molecular formula is C27H17ClF3N5O3. The second-order valence-corrected chi connectivity index (χ2v) is 8.82.